The SMILES string of the molecule is CCNC(c1cnnn1-c1ccccc1)C(C)(C)OCC. The molecule has 0 aliphatic heterocycles. The number of benzene rings is 1. The zero-order valence-electron chi connectivity index (χ0n) is 13.2. The van der Waals surface area contributed by atoms with Gasteiger partial charge in [0.05, 0.1) is 29.2 Å². The Labute approximate surface area is 126 Å². The van der Waals surface area contributed by atoms with E-state index in [1.54, 1.807) is 6.20 Å². The van der Waals surface area contributed by atoms with Crippen molar-refractivity contribution in [1.29, 1.82) is 0 Å². The van der Waals surface area contributed by atoms with Gasteiger partial charge >= 0.3 is 0 Å². The molecule has 0 aliphatic carbocycles. The Bertz CT molecular complexity index is 550. The first kappa shape index (κ1) is 15.7. The van der Waals surface area contributed by atoms with E-state index in [0.29, 0.717) is 6.61 Å². The molecule has 1 heterocycles. The summed E-state index contributed by atoms with van der Waals surface area (Å²) < 4.78 is 7.80. The molecule has 1 atom stereocenters. The van der Waals surface area contributed by atoms with Gasteiger partial charge in [-0.2, -0.15) is 0 Å². The van der Waals surface area contributed by atoms with Crippen LogP contribution in [0.25, 0.3) is 5.69 Å². The predicted molar refractivity (Wildman–Crippen MR) is 83.5 cm³/mol. The first-order valence-electron chi connectivity index (χ1n) is 7.43. The van der Waals surface area contributed by atoms with Crippen LogP contribution >= 0.6 is 0 Å². The monoisotopic (exact) mass is 288 g/mol. The second-order valence-electron chi connectivity index (χ2n) is 5.43. The average molecular weight is 288 g/mol. The highest BCUT2D eigenvalue weighted by atomic mass is 16.5. The molecule has 0 fully saturated rings. The fourth-order valence-corrected chi connectivity index (χ4v) is 2.58. The first-order valence-corrected chi connectivity index (χ1v) is 7.43. The minimum Gasteiger partial charge on any atom is -0.374 e. The van der Waals surface area contributed by atoms with Gasteiger partial charge in [-0.25, -0.2) is 4.68 Å². The molecule has 0 amide bonds. The van der Waals surface area contributed by atoms with Crippen LogP contribution in [0.4, 0.5) is 0 Å². The largest absolute Gasteiger partial charge is 0.374 e. The summed E-state index contributed by atoms with van der Waals surface area (Å²) in [5, 5.41) is 11.8. The fraction of sp³-hybridized carbons (Fsp3) is 0.500. The standard InChI is InChI=1S/C16H24N4O/c1-5-17-15(16(3,4)21-6-2)14-12-18-19-20(14)13-10-8-7-9-11-13/h7-12,15,17H,5-6H2,1-4H3. The third kappa shape index (κ3) is 3.49. The summed E-state index contributed by atoms with van der Waals surface area (Å²) in [6.07, 6.45) is 1.81. The Balaban J connectivity index is 2.41. The lowest BCUT2D eigenvalue weighted by atomic mass is 9.95. The van der Waals surface area contributed by atoms with Gasteiger partial charge < -0.3 is 10.1 Å². The normalized spacial score (nSPS) is 13.3. The average Bonchev–Trinajstić information content (AvgIpc) is 2.94. The van der Waals surface area contributed by atoms with Gasteiger partial charge in [0, 0.05) is 6.61 Å². The zero-order chi connectivity index (χ0) is 15.3. The lowest BCUT2D eigenvalue weighted by Gasteiger charge is -2.34. The summed E-state index contributed by atoms with van der Waals surface area (Å²) in [7, 11) is 0. The molecule has 0 saturated heterocycles. The molecule has 5 nitrogen and oxygen atoms in total. The van der Waals surface area contributed by atoms with E-state index in [1.165, 1.54) is 0 Å². The number of aromatic nitrogens is 3. The molecule has 0 bridgehead atoms. The summed E-state index contributed by atoms with van der Waals surface area (Å²) in [5.74, 6) is 0. The van der Waals surface area contributed by atoms with Gasteiger partial charge in [0.1, 0.15) is 0 Å². The Hall–Kier alpha value is -1.72. The Morgan fingerprint density at radius 1 is 1.24 bits per heavy atom. The van der Waals surface area contributed by atoms with E-state index in [0.717, 1.165) is 17.9 Å². The minimum absolute atomic E-state index is 0.0117. The van der Waals surface area contributed by atoms with Crippen molar-refractivity contribution < 1.29 is 4.74 Å². The topological polar surface area (TPSA) is 52.0 Å². The fourth-order valence-electron chi connectivity index (χ4n) is 2.58. The van der Waals surface area contributed by atoms with E-state index in [9.17, 15) is 0 Å². The van der Waals surface area contributed by atoms with Crippen molar-refractivity contribution in [1.82, 2.24) is 20.3 Å². The van der Waals surface area contributed by atoms with E-state index in [1.807, 2.05) is 41.9 Å². The molecule has 0 radical (unpaired) electrons. The summed E-state index contributed by atoms with van der Waals surface area (Å²) in [6.45, 7) is 9.80. The molecule has 1 aromatic carbocycles. The van der Waals surface area contributed by atoms with Gasteiger partial charge in [-0.05, 0) is 39.4 Å². The van der Waals surface area contributed by atoms with Crippen LogP contribution in [-0.2, 0) is 4.74 Å². The molecule has 21 heavy (non-hydrogen) atoms. The molecule has 1 aromatic heterocycles. The first-order chi connectivity index (χ1) is 10.1. The van der Waals surface area contributed by atoms with Crippen LogP contribution in [0.2, 0.25) is 0 Å². The summed E-state index contributed by atoms with van der Waals surface area (Å²) >= 11 is 0. The number of nitrogens with zero attached hydrogens (tertiary/aromatic N) is 3. The van der Waals surface area contributed by atoms with Crippen molar-refractivity contribution in [2.24, 2.45) is 0 Å². The number of para-hydroxylation sites is 1. The molecular weight excluding hydrogens is 264 g/mol. The van der Waals surface area contributed by atoms with Crippen molar-refractivity contribution in [3.05, 3.63) is 42.2 Å². The van der Waals surface area contributed by atoms with Gasteiger partial charge in [0.15, 0.2) is 0 Å². The minimum atomic E-state index is -0.348. The zero-order valence-corrected chi connectivity index (χ0v) is 13.2. The molecule has 0 aliphatic rings. The number of rotatable bonds is 7. The smallest absolute Gasteiger partial charge is 0.0844 e. The van der Waals surface area contributed by atoms with Crippen LogP contribution in [-0.4, -0.2) is 33.7 Å². The second-order valence-corrected chi connectivity index (χ2v) is 5.43. The molecule has 1 unspecified atom stereocenters. The highest BCUT2D eigenvalue weighted by molar-refractivity contribution is 5.32. The molecule has 2 rings (SSSR count). The highest BCUT2D eigenvalue weighted by Crippen LogP contribution is 2.29. The second kappa shape index (κ2) is 6.83. The van der Waals surface area contributed by atoms with Gasteiger partial charge in [-0.15, -0.1) is 5.10 Å². The van der Waals surface area contributed by atoms with Crippen LogP contribution in [0.5, 0.6) is 0 Å². The highest BCUT2D eigenvalue weighted by Gasteiger charge is 2.33. The van der Waals surface area contributed by atoms with Crippen molar-refractivity contribution in [2.75, 3.05) is 13.2 Å². The molecule has 0 spiro atoms. The maximum absolute atomic E-state index is 5.93. The van der Waals surface area contributed by atoms with Gasteiger partial charge in [0.25, 0.3) is 0 Å². The molecule has 2 aromatic rings. The molecule has 5 heteroatoms. The van der Waals surface area contributed by atoms with Gasteiger partial charge in [0.2, 0.25) is 0 Å². The molecular formula is C16H24N4O. The lowest BCUT2D eigenvalue weighted by Crippen LogP contribution is -2.42. The lowest BCUT2D eigenvalue weighted by molar-refractivity contribution is -0.0403. The molecule has 0 saturated carbocycles. The Kier molecular flexibility index (Phi) is 5.09. The van der Waals surface area contributed by atoms with Crippen LogP contribution < -0.4 is 5.32 Å². The Morgan fingerprint density at radius 3 is 2.57 bits per heavy atom. The quantitative estimate of drug-likeness (QED) is 0.851. The number of nitrogens with one attached hydrogen (secondary N) is 1. The summed E-state index contributed by atoms with van der Waals surface area (Å²) in [5.41, 5.74) is 1.65. The van der Waals surface area contributed by atoms with Crippen molar-refractivity contribution in [3.63, 3.8) is 0 Å². The van der Waals surface area contributed by atoms with E-state index in [4.69, 9.17) is 4.74 Å². The van der Waals surface area contributed by atoms with Crippen LogP contribution in [0, 0.1) is 0 Å². The summed E-state index contributed by atoms with van der Waals surface area (Å²) in [4.78, 5) is 0. The number of hydrogen-bond donors (Lipinski definition) is 1. The summed E-state index contributed by atoms with van der Waals surface area (Å²) in [6, 6.07) is 10.0. The van der Waals surface area contributed by atoms with Crippen molar-refractivity contribution in [2.45, 2.75) is 39.3 Å². The van der Waals surface area contributed by atoms with E-state index in [2.05, 4.69) is 36.4 Å². The Morgan fingerprint density at radius 2 is 1.95 bits per heavy atom. The van der Waals surface area contributed by atoms with Crippen LogP contribution in [0.1, 0.15) is 39.4 Å². The number of ether oxygens (including phenoxy) is 1. The predicted octanol–water partition coefficient (Wildman–Crippen LogP) is 2.73. The van der Waals surface area contributed by atoms with Crippen molar-refractivity contribution >= 4 is 0 Å². The maximum atomic E-state index is 5.93. The third-order valence-corrected chi connectivity index (χ3v) is 3.49. The van der Waals surface area contributed by atoms with Gasteiger partial charge in [-0.3, -0.25) is 0 Å². The van der Waals surface area contributed by atoms with E-state index in [-0.39, 0.29) is 11.6 Å². The van der Waals surface area contributed by atoms with E-state index < -0.39 is 0 Å². The van der Waals surface area contributed by atoms with Gasteiger partial charge in [-0.1, -0.05) is 30.3 Å². The maximum Gasteiger partial charge on any atom is 0.0844 e. The van der Waals surface area contributed by atoms with Crippen LogP contribution in [0.3, 0.4) is 0 Å². The number of hydrogen-bond acceptors (Lipinski definition) is 4. The molecule has 114 valence electrons. The third-order valence-electron chi connectivity index (χ3n) is 3.49. The number of likely N-dealkylation sites (N-methyl/N-ethyl adjacent to an activating group) is 1. The van der Waals surface area contributed by atoms with Crippen molar-refractivity contribution in [3.8, 4) is 5.69 Å². The molecule has 1 N–H and O–H groups in total. The van der Waals surface area contributed by atoms with E-state index >= 15 is 0 Å². The van der Waals surface area contributed by atoms with Crippen LogP contribution in [0.15, 0.2) is 36.5 Å².